The van der Waals surface area contributed by atoms with E-state index in [1.807, 2.05) is 49.4 Å². The van der Waals surface area contributed by atoms with E-state index in [1.165, 1.54) is 15.3 Å². The van der Waals surface area contributed by atoms with Crippen molar-refractivity contribution in [1.82, 2.24) is 14.3 Å². The van der Waals surface area contributed by atoms with Crippen molar-refractivity contribution in [1.29, 1.82) is 0 Å². The first-order valence-corrected chi connectivity index (χ1v) is 13.4. The maximum absolute atomic E-state index is 14.0. The molecule has 1 saturated heterocycles. The summed E-state index contributed by atoms with van der Waals surface area (Å²) in [5.74, 6) is 0.832. The van der Waals surface area contributed by atoms with E-state index in [9.17, 15) is 8.42 Å². The van der Waals surface area contributed by atoms with Crippen LogP contribution in [0.5, 0.6) is 0 Å². The van der Waals surface area contributed by atoms with E-state index in [-0.39, 0.29) is 0 Å². The van der Waals surface area contributed by atoms with Crippen LogP contribution in [0.25, 0.3) is 31.9 Å². The van der Waals surface area contributed by atoms with Crippen LogP contribution in [0.15, 0.2) is 58.9 Å². The fraction of sp³-hybridized carbons (Fsp3) is 0.208. The smallest absolute Gasteiger partial charge is 0.277 e. The van der Waals surface area contributed by atoms with Crippen molar-refractivity contribution in [3.63, 3.8) is 0 Å². The van der Waals surface area contributed by atoms with Crippen LogP contribution in [-0.4, -0.2) is 43.6 Å². The molecule has 0 bridgehead atoms. The van der Waals surface area contributed by atoms with Crippen LogP contribution in [0.1, 0.15) is 5.56 Å². The molecule has 0 unspecified atom stereocenters. The monoisotopic (exact) mass is 496 g/mol. The van der Waals surface area contributed by atoms with Gasteiger partial charge in [0.15, 0.2) is 0 Å². The molecule has 0 saturated carbocycles. The number of hydrogen-bond donors (Lipinski definition) is 1. The molecule has 0 radical (unpaired) electrons. The zero-order valence-corrected chi connectivity index (χ0v) is 20.3. The molecule has 168 valence electrons. The van der Waals surface area contributed by atoms with Crippen molar-refractivity contribution in [3.05, 3.63) is 65.3 Å². The highest BCUT2D eigenvalue weighted by Crippen LogP contribution is 2.39. The van der Waals surface area contributed by atoms with Crippen molar-refractivity contribution >= 4 is 70.7 Å². The van der Waals surface area contributed by atoms with Crippen LogP contribution in [0.3, 0.4) is 0 Å². The summed E-state index contributed by atoms with van der Waals surface area (Å²) in [6, 6.07) is 15.1. The highest BCUT2D eigenvalue weighted by molar-refractivity contribution is 7.92. The minimum atomic E-state index is -3.83. The number of halogens is 1. The Hall–Kier alpha value is -2.65. The summed E-state index contributed by atoms with van der Waals surface area (Å²) in [7, 11) is -3.83. The molecule has 1 aliphatic heterocycles. The molecule has 9 heteroatoms. The lowest BCUT2D eigenvalue weighted by Gasteiger charge is -2.29. The van der Waals surface area contributed by atoms with E-state index in [1.54, 1.807) is 12.3 Å². The maximum Gasteiger partial charge on any atom is 0.277 e. The zero-order valence-electron chi connectivity index (χ0n) is 17.9. The Labute approximate surface area is 200 Å². The van der Waals surface area contributed by atoms with Crippen molar-refractivity contribution in [2.45, 2.75) is 11.1 Å². The Morgan fingerprint density at radius 3 is 2.64 bits per heavy atom. The third-order valence-electron chi connectivity index (χ3n) is 6.24. The van der Waals surface area contributed by atoms with Gasteiger partial charge in [0.05, 0.1) is 11.0 Å². The summed E-state index contributed by atoms with van der Waals surface area (Å²) >= 11 is 7.46. The number of benzene rings is 2. The molecule has 1 fully saturated rings. The van der Waals surface area contributed by atoms with Gasteiger partial charge in [0.25, 0.3) is 10.0 Å². The van der Waals surface area contributed by atoms with Crippen molar-refractivity contribution in [3.8, 4) is 0 Å². The van der Waals surface area contributed by atoms with E-state index < -0.39 is 10.0 Å². The molecule has 0 aliphatic carbocycles. The summed E-state index contributed by atoms with van der Waals surface area (Å²) in [6.07, 6.45) is 1.66. The summed E-state index contributed by atoms with van der Waals surface area (Å²) in [6.45, 7) is 5.25. The van der Waals surface area contributed by atoms with Gasteiger partial charge in [-0.15, -0.1) is 11.3 Å². The Morgan fingerprint density at radius 1 is 1.03 bits per heavy atom. The molecular formula is C24H21ClN4O2S2. The number of nitrogens with zero attached hydrogens (tertiary/aromatic N) is 3. The number of aromatic nitrogens is 2. The fourth-order valence-electron chi connectivity index (χ4n) is 4.63. The van der Waals surface area contributed by atoms with Gasteiger partial charge in [0, 0.05) is 52.9 Å². The van der Waals surface area contributed by atoms with Gasteiger partial charge in [0.2, 0.25) is 0 Å². The van der Waals surface area contributed by atoms with E-state index in [0.29, 0.717) is 14.7 Å². The molecule has 5 aromatic rings. The molecule has 4 heterocycles. The van der Waals surface area contributed by atoms with E-state index in [0.717, 1.165) is 63.9 Å². The lowest BCUT2D eigenvalue weighted by Crippen LogP contribution is -2.44. The van der Waals surface area contributed by atoms with Crippen LogP contribution in [-0.2, 0) is 10.0 Å². The number of aryl methyl sites for hydroxylation is 1. The number of piperazine rings is 1. The summed E-state index contributed by atoms with van der Waals surface area (Å²) in [5.41, 5.74) is 2.18. The first-order chi connectivity index (χ1) is 15.9. The molecule has 1 aliphatic rings. The van der Waals surface area contributed by atoms with Crippen LogP contribution >= 0.6 is 22.9 Å². The first-order valence-electron chi connectivity index (χ1n) is 10.7. The molecule has 33 heavy (non-hydrogen) atoms. The van der Waals surface area contributed by atoms with Gasteiger partial charge >= 0.3 is 0 Å². The molecule has 0 atom stereocenters. The molecule has 6 rings (SSSR count). The topological polar surface area (TPSA) is 67.2 Å². The lowest BCUT2D eigenvalue weighted by molar-refractivity contribution is 0.586. The second-order valence-corrected chi connectivity index (χ2v) is 11.7. The Balaban J connectivity index is 1.63. The standard InChI is InChI=1S/C24H21ClN4O2S2/c1-15-19-14-16(25)6-7-21(19)32-24(15)33(30,31)29-11-8-18-22(29)17-4-2-3-5-20(17)27-23(18)28-12-9-26-10-13-28/h2-8,11,14,26H,9-10,12-13H2,1H3. The number of hydrogen-bond acceptors (Lipinski definition) is 6. The number of rotatable bonds is 3. The molecule has 2 aromatic carbocycles. The molecule has 6 nitrogen and oxygen atoms in total. The van der Waals surface area contributed by atoms with Crippen LogP contribution < -0.4 is 10.2 Å². The molecular weight excluding hydrogens is 476 g/mol. The second-order valence-electron chi connectivity index (χ2n) is 8.22. The minimum absolute atomic E-state index is 0.335. The van der Waals surface area contributed by atoms with Gasteiger partial charge in [-0.2, -0.15) is 8.42 Å². The van der Waals surface area contributed by atoms with Gasteiger partial charge in [-0.05, 0) is 48.2 Å². The normalized spacial score (nSPS) is 15.2. The number of anilines is 1. The molecule has 0 amide bonds. The third-order valence-corrected chi connectivity index (χ3v) is 10.0. The first kappa shape index (κ1) is 20.9. The number of nitrogens with one attached hydrogen (secondary N) is 1. The van der Waals surface area contributed by atoms with Crippen molar-refractivity contribution < 1.29 is 8.42 Å². The lowest BCUT2D eigenvalue weighted by atomic mass is 10.1. The summed E-state index contributed by atoms with van der Waals surface area (Å²) in [4.78, 5) is 7.17. The predicted molar refractivity (Wildman–Crippen MR) is 136 cm³/mol. The molecule has 3 aromatic heterocycles. The van der Waals surface area contributed by atoms with Gasteiger partial charge in [0.1, 0.15) is 10.0 Å². The van der Waals surface area contributed by atoms with Crippen molar-refractivity contribution in [2.24, 2.45) is 0 Å². The van der Waals surface area contributed by atoms with E-state index in [2.05, 4.69) is 10.2 Å². The van der Waals surface area contributed by atoms with Crippen molar-refractivity contribution in [2.75, 3.05) is 31.1 Å². The molecule has 1 N–H and O–H groups in total. The Kier molecular flexibility index (Phi) is 4.88. The number of pyridine rings is 1. The second kappa shape index (κ2) is 7.70. The average molecular weight is 497 g/mol. The average Bonchev–Trinajstić information content (AvgIpc) is 3.42. The Morgan fingerprint density at radius 2 is 1.82 bits per heavy atom. The van der Waals surface area contributed by atoms with Gasteiger partial charge in [-0.3, -0.25) is 0 Å². The zero-order chi connectivity index (χ0) is 22.7. The Bertz CT molecular complexity index is 1650. The van der Waals surface area contributed by atoms with Crippen LogP contribution in [0.4, 0.5) is 5.82 Å². The summed E-state index contributed by atoms with van der Waals surface area (Å²) in [5, 5.41) is 6.50. The highest BCUT2D eigenvalue weighted by Gasteiger charge is 2.28. The number of thiophene rings is 1. The predicted octanol–water partition coefficient (Wildman–Crippen LogP) is 5.01. The van der Waals surface area contributed by atoms with E-state index in [4.69, 9.17) is 16.6 Å². The summed E-state index contributed by atoms with van der Waals surface area (Å²) < 4.78 is 30.7. The van der Waals surface area contributed by atoms with Crippen LogP contribution in [0.2, 0.25) is 5.02 Å². The van der Waals surface area contributed by atoms with Crippen LogP contribution in [0, 0.1) is 6.92 Å². The quantitative estimate of drug-likeness (QED) is 0.380. The number of fused-ring (bicyclic) bond motifs is 4. The highest BCUT2D eigenvalue weighted by atomic mass is 35.5. The SMILES string of the molecule is Cc1c(S(=O)(=O)n2ccc3c(N4CCNCC4)nc4ccccc4c32)sc2ccc(Cl)cc12. The number of para-hydroxylation sites is 1. The van der Waals surface area contributed by atoms with E-state index >= 15 is 0 Å². The fourth-order valence-corrected chi connectivity index (χ4v) is 7.99. The largest absolute Gasteiger partial charge is 0.353 e. The third kappa shape index (κ3) is 3.24. The minimum Gasteiger partial charge on any atom is -0.353 e. The molecule has 0 spiro atoms. The maximum atomic E-state index is 14.0. The van der Waals surface area contributed by atoms with Gasteiger partial charge in [-0.1, -0.05) is 29.8 Å². The van der Waals surface area contributed by atoms with Gasteiger partial charge < -0.3 is 10.2 Å². The van der Waals surface area contributed by atoms with Gasteiger partial charge in [-0.25, -0.2) is 8.96 Å².